The van der Waals surface area contributed by atoms with E-state index in [1.165, 1.54) is 23.1 Å². The highest BCUT2D eigenvalue weighted by atomic mass is 32.2. The Labute approximate surface area is 194 Å². The first-order valence-corrected chi connectivity index (χ1v) is 11.9. The fraction of sp³-hybridized carbons (Fsp3) is 0.217. The topological polar surface area (TPSA) is 81.9 Å². The number of thiazole rings is 1. The Morgan fingerprint density at radius 3 is 2.66 bits per heavy atom. The summed E-state index contributed by atoms with van der Waals surface area (Å²) in [6.45, 7) is 4.55. The second-order valence-corrected chi connectivity index (χ2v) is 9.07. The van der Waals surface area contributed by atoms with Gasteiger partial charge in [-0.25, -0.2) is 4.98 Å². The van der Waals surface area contributed by atoms with Gasteiger partial charge in [-0.05, 0) is 26.0 Å². The molecule has 1 unspecified atom stereocenters. The number of nitrogens with one attached hydrogen (secondary N) is 1. The van der Waals surface area contributed by atoms with E-state index in [9.17, 15) is 4.79 Å². The molecular formula is C23H23N5O2S2. The van der Waals surface area contributed by atoms with Crippen molar-refractivity contribution in [3.63, 3.8) is 0 Å². The first-order chi connectivity index (χ1) is 15.6. The van der Waals surface area contributed by atoms with Crippen molar-refractivity contribution < 1.29 is 9.53 Å². The van der Waals surface area contributed by atoms with Crippen LogP contribution in [0.2, 0.25) is 0 Å². The molecule has 0 aliphatic heterocycles. The van der Waals surface area contributed by atoms with Gasteiger partial charge in [0, 0.05) is 17.5 Å². The Morgan fingerprint density at radius 2 is 1.91 bits per heavy atom. The average molecular weight is 466 g/mol. The van der Waals surface area contributed by atoms with Crippen molar-refractivity contribution in [3.05, 3.63) is 60.0 Å². The van der Waals surface area contributed by atoms with Crippen LogP contribution < -0.4 is 10.1 Å². The van der Waals surface area contributed by atoms with Crippen LogP contribution in [-0.4, -0.2) is 38.0 Å². The van der Waals surface area contributed by atoms with Crippen LogP contribution in [0.5, 0.6) is 5.75 Å². The van der Waals surface area contributed by atoms with Crippen LogP contribution >= 0.6 is 23.1 Å². The van der Waals surface area contributed by atoms with Crippen LogP contribution in [-0.2, 0) is 11.3 Å². The molecule has 0 spiro atoms. The number of thioether (sulfide) groups is 1. The van der Waals surface area contributed by atoms with E-state index in [1.807, 2.05) is 78.4 Å². The minimum atomic E-state index is -0.376. The molecule has 4 rings (SSSR count). The number of para-hydroxylation sites is 1. The van der Waals surface area contributed by atoms with Crippen LogP contribution in [0.15, 0.2) is 65.1 Å². The molecule has 9 heteroatoms. The summed E-state index contributed by atoms with van der Waals surface area (Å²) >= 11 is 2.78. The molecule has 0 saturated heterocycles. The molecule has 7 nitrogen and oxygen atoms in total. The van der Waals surface area contributed by atoms with Crippen LogP contribution in [0.3, 0.4) is 0 Å². The van der Waals surface area contributed by atoms with Crippen LogP contribution in [0.25, 0.3) is 22.6 Å². The fourth-order valence-corrected chi connectivity index (χ4v) is 4.82. The van der Waals surface area contributed by atoms with E-state index >= 15 is 0 Å². The van der Waals surface area contributed by atoms with Gasteiger partial charge in [-0.1, -0.05) is 54.2 Å². The van der Waals surface area contributed by atoms with Crippen LogP contribution in [0.1, 0.15) is 13.8 Å². The summed E-state index contributed by atoms with van der Waals surface area (Å²) in [6, 6.07) is 17.6. The summed E-state index contributed by atoms with van der Waals surface area (Å²) < 4.78 is 7.46. The Bertz CT molecular complexity index is 1210. The molecule has 0 saturated carbocycles. The minimum Gasteiger partial charge on any atom is -0.496 e. The predicted octanol–water partition coefficient (Wildman–Crippen LogP) is 5.22. The largest absolute Gasteiger partial charge is 0.496 e. The highest BCUT2D eigenvalue weighted by Gasteiger charge is 2.22. The third-order valence-corrected chi connectivity index (χ3v) is 6.67. The van der Waals surface area contributed by atoms with Crippen molar-refractivity contribution in [2.24, 2.45) is 0 Å². The number of rotatable bonds is 8. The molecule has 2 aromatic carbocycles. The molecule has 0 fully saturated rings. The van der Waals surface area contributed by atoms with Crippen LogP contribution in [0.4, 0.5) is 5.13 Å². The average Bonchev–Trinajstić information content (AvgIpc) is 3.46. The molecule has 1 amide bonds. The van der Waals surface area contributed by atoms with E-state index in [0.29, 0.717) is 22.7 Å². The molecule has 4 aromatic rings. The lowest BCUT2D eigenvalue weighted by Gasteiger charge is -2.12. The first-order valence-electron chi connectivity index (χ1n) is 10.2. The maximum Gasteiger partial charge on any atom is 0.239 e. The molecule has 0 aliphatic rings. The standard InChI is InChI=1S/C23H23N5O2S2/c1-4-28-20(17-12-8-9-13-19(17)30-3)26-27-23(28)32-15(2)21(29)25-22-24-18(14-31-22)16-10-6-5-7-11-16/h5-15H,4H2,1-3H3,(H,24,25,29). The lowest BCUT2D eigenvalue weighted by molar-refractivity contribution is -0.115. The monoisotopic (exact) mass is 465 g/mol. The van der Waals surface area contributed by atoms with Gasteiger partial charge in [0.05, 0.1) is 23.6 Å². The molecule has 32 heavy (non-hydrogen) atoms. The number of amides is 1. The molecule has 164 valence electrons. The molecular weight excluding hydrogens is 442 g/mol. The number of ether oxygens (including phenoxy) is 1. The summed E-state index contributed by atoms with van der Waals surface area (Å²) in [5.74, 6) is 1.32. The molecule has 1 atom stereocenters. The van der Waals surface area contributed by atoms with E-state index < -0.39 is 0 Å². The number of benzene rings is 2. The van der Waals surface area contributed by atoms with E-state index in [-0.39, 0.29) is 11.2 Å². The van der Waals surface area contributed by atoms with Gasteiger partial charge in [0.1, 0.15) is 5.75 Å². The Hall–Kier alpha value is -3.17. The van der Waals surface area contributed by atoms with Gasteiger partial charge in [0.25, 0.3) is 0 Å². The van der Waals surface area contributed by atoms with Gasteiger partial charge in [0.2, 0.25) is 5.91 Å². The van der Waals surface area contributed by atoms with E-state index in [4.69, 9.17) is 4.74 Å². The predicted molar refractivity (Wildman–Crippen MR) is 129 cm³/mol. The summed E-state index contributed by atoms with van der Waals surface area (Å²) in [7, 11) is 1.63. The van der Waals surface area contributed by atoms with Gasteiger partial charge in [-0.2, -0.15) is 0 Å². The van der Waals surface area contributed by atoms with Crippen molar-refractivity contribution in [1.29, 1.82) is 0 Å². The van der Waals surface area contributed by atoms with E-state index in [0.717, 1.165) is 22.6 Å². The van der Waals surface area contributed by atoms with Crippen molar-refractivity contribution in [3.8, 4) is 28.4 Å². The first kappa shape index (κ1) is 22.0. The molecule has 0 bridgehead atoms. The number of anilines is 1. The van der Waals surface area contributed by atoms with Gasteiger partial charge >= 0.3 is 0 Å². The Kier molecular flexibility index (Phi) is 6.87. The zero-order valence-electron chi connectivity index (χ0n) is 18.0. The third-order valence-electron chi connectivity index (χ3n) is 4.84. The molecule has 2 heterocycles. The lowest BCUT2D eigenvalue weighted by Crippen LogP contribution is -2.22. The van der Waals surface area contributed by atoms with Gasteiger partial charge in [0.15, 0.2) is 16.1 Å². The Balaban J connectivity index is 1.47. The zero-order valence-corrected chi connectivity index (χ0v) is 19.6. The SMILES string of the molecule is CCn1c(SC(C)C(=O)Nc2nc(-c3ccccc3)cs2)nnc1-c1ccccc1OC. The number of carbonyl (C=O) groups is 1. The smallest absolute Gasteiger partial charge is 0.239 e. The normalized spacial score (nSPS) is 11.8. The number of hydrogen-bond donors (Lipinski definition) is 1. The van der Waals surface area contributed by atoms with E-state index in [1.54, 1.807) is 7.11 Å². The number of carbonyl (C=O) groups excluding carboxylic acids is 1. The number of hydrogen-bond acceptors (Lipinski definition) is 7. The summed E-state index contributed by atoms with van der Waals surface area (Å²) in [4.78, 5) is 17.3. The minimum absolute atomic E-state index is 0.131. The number of aromatic nitrogens is 4. The highest BCUT2D eigenvalue weighted by Crippen LogP contribution is 2.32. The van der Waals surface area contributed by atoms with Crippen LogP contribution in [0, 0.1) is 0 Å². The quantitative estimate of drug-likeness (QED) is 0.360. The summed E-state index contributed by atoms with van der Waals surface area (Å²) in [5, 5.41) is 14.4. The molecule has 0 aliphatic carbocycles. The van der Waals surface area contributed by atoms with Crippen molar-refractivity contribution in [2.45, 2.75) is 30.8 Å². The maximum atomic E-state index is 12.8. The molecule has 0 radical (unpaired) electrons. The highest BCUT2D eigenvalue weighted by molar-refractivity contribution is 8.00. The third kappa shape index (κ3) is 4.68. The molecule has 2 aromatic heterocycles. The van der Waals surface area contributed by atoms with Gasteiger partial charge in [-0.15, -0.1) is 21.5 Å². The lowest BCUT2D eigenvalue weighted by atomic mass is 10.2. The van der Waals surface area contributed by atoms with Gasteiger partial charge in [-0.3, -0.25) is 4.79 Å². The maximum absolute atomic E-state index is 12.8. The van der Waals surface area contributed by atoms with Crippen molar-refractivity contribution in [1.82, 2.24) is 19.7 Å². The number of methoxy groups -OCH3 is 1. The summed E-state index contributed by atoms with van der Waals surface area (Å²) in [6.07, 6.45) is 0. The Morgan fingerprint density at radius 1 is 1.16 bits per heavy atom. The van der Waals surface area contributed by atoms with E-state index in [2.05, 4.69) is 20.5 Å². The van der Waals surface area contributed by atoms with Crippen molar-refractivity contribution in [2.75, 3.05) is 12.4 Å². The van der Waals surface area contributed by atoms with Crippen molar-refractivity contribution >= 4 is 34.1 Å². The zero-order chi connectivity index (χ0) is 22.5. The number of nitrogens with zero attached hydrogens (tertiary/aromatic N) is 4. The second-order valence-electron chi connectivity index (χ2n) is 6.90. The fourth-order valence-electron chi connectivity index (χ4n) is 3.18. The summed E-state index contributed by atoms with van der Waals surface area (Å²) in [5.41, 5.74) is 2.73. The second kappa shape index (κ2) is 9.97. The van der Waals surface area contributed by atoms with Gasteiger partial charge < -0.3 is 14.6 Å². The molecule has 1 N–H and O–H groups in total.